The smallest absolute Gasteiger partial charge is 0.0153 e. The van der Waals surface area contributed by atoms with Gasteiger partial charge in [0.1, 0.15) is 0 Å². The standard InChI is InChI=1S/C20H22/c1-5-17-8-6-10-19(13-17)20-11-7-9-18(14-20)16(4)12-15(2)3/h5-11,13-14,16H,1-2,12H2,3-4H3. The Labute approximate surface area is 122 Å². The molecule has 0 nitrogen and oxygen atoms in total. The summed E-state index contributed by atoms with van der Waals surface area (Å²) in [6, 6.07) is 17.3. The van der Waals surface area contributed by atoms with Gasteiger partial charge in [0.2, 0.25) is 0 Å². The number of benzene rings is 2. The fraction of sp³-hybridized carbons (Fsp3) is 0.200. The van der Waals surface area contributed by atoms with Gasteiger partial charge < -0.3 is 0 Å². The Morgan fingerprint density at radius 2 is 1.75 bits per heavy atom. The molecule has 1 atom stereocenters. The first-order chi connectivity index (χ1) is 9.60. The van der Waals surface area contributed by atoms with Crippen LogP contribution in [-0.2, 0) is 0 Å². The predicted molar refractivity (Wildman–Crippen MR) is 89.8 cm³/mol. The molecule has 102 valence electrons. The summed E-state index contributed by atoms with van der Waals surface area (Å²) in [5.74, 6) is 0.509. The SMILES string of the molecule is C=Cc1cccc(-c2cccc(C(C)CC(=C)C)c2)c1. The fourth-order valence-electron chi connectivity index (χ4n) is 2.51. The highest BCUT2D eigenvalue weighted by molar-refractivity contribution is 5.67. The first kappa shape index (κ1) is 14.3. The monoisotopic (exact) mass is 262 g/mol. The molecule has 0 N–H and O–H groups in total. The van der Waals surface area contributed by atoms with E-state index < -0.39 is 0 Å². The van der Waals surface area contributed by atoms with Crippen molar-refractivity contribution in [3.63, 3.8) is 0 Å². The molecule has 0 radical (unpaired) electrons. The van der Waals surface area contributed by atoms with E-state index >= 15 is 0 Å². The first-order valence-electron chi connectivity index (χ1n) is 7.07. The highest BCUT2D eigenvalue weighted by atomic mass is 14.1. The van der Waals surface area contributed by atoms with Crippen LogP contribution in [0.25, 0.3) is 17.2 Å². The summed E-state index contributed by atoms with van der Waals surface area (Å²) in [5.41, 5.74) is 6.26. The molecule has 2 aromatic carbocycles. The van der Waals surface area contributed by atoms with Crippen molar-refractivity contribution in [2.24, 2.45) is 0 Å². The minimum atomic E-state index is 0.509. The zero-order chi connectivity index (χ0) is 14.5. The van der Waals surface area contributed by atoms with Crippen molar-refractivity contribution in [3.8, 4) is 11.1 Å². The summed E-state index contributed by atoms with van der Waals surface area (Å²) < 4.78 is 0. The molecule has 20 heavy (non-hydrogen) atoms. The summed E-state index contributed by atoms with van der Waals surface area (Å²) in [5, 5.41) is 0. The van der Waals surface area contributed by atoms with Gasteiger partial charge in [-0.15, -0.1) is 6.58 Å². The molecular formula is C20H22. The van der Waals surface area contributed by atoms with Gasteiger partial charge in [-0.3, -0.25) is 0 Å². The number of hydrogen-bond acceptors (Lipinski definition) is 0. The molecule has 0 saturated carbocycles. The Kier molecular flexibility index (Phi) is 4.57. The van der Waals surface area contributed by atoms with Crippen LogP contribution in [0.1, 0.15) is 37.3 Å². The molecule has 0 aliphatic rings. The van der Waals surface area contributed by atoms with Crippen LogP contribution in [0.4, 0.5) is 0 Å². The van der Waals surface area contributed by atoms with Gasteiger partial charge in [0.25, 0.3) is 0 Å². The Morgan fingerprint density at radius 1 is 1.10 bits per heavy atom. The van der Waals surface area contributed by atoms with Crippen LogP contribution in [0.5, 0.6) is 0 Å². The molecule has 0 heterocycles. The van der Waals surface area contributed by atoms with Gasteiger partial charge in [-0.25, -0.2) is 0 Å². The predicted octanol–water partition coefficient (Wildman–Crippen LogP) is 6.07. The maximum absolute atomic E-state index is 4.01. The van der Waals surface area contributed by atoms with Gasteiger partial charge in [0, 0.05) is 0 Å². The third-order valence-electron chi connectivity index (χ3n) is 3.57. The Balaban J connectivity index is 2.33. The van der Waals surface area contributed by atoms with Crippen LogP contribution in [-0.4, -0.2) is 0 Å². The lowest BCUT2D eigenvalue weighted by Crippen LogP contribution is -1.94. The van der Waals surface area contributed by atoms with E-state index in [2.05, 4.69) is 75.5 Å². The molecule has 1 unspecified atom stereocenters. The zero-order valence-electron chi connectivity index (χ0n) is 12.4. The zero-order valence-corrected chi connectivity index (χ0v) is 12.4. The molecule has 0 aliphatic heterocycles. The number of rotatable bonds is 5. The average Bonchev–Trinajstić information content (AvgIpc) is 2.47. The molecule has 0 saturated heterocycles. The number of hydrogen-bond donors (Lipinski definition) is 0. The van der Waals surface area contributed by atoms with Gasteiger partial charge in [-0.05, 0) is 47.6 Å². The van der Waals surface area contributed by atoms with E-state index in [9.17, 15) is 0 Å². The van der Waals surface area contributed by atoms with E-state index in [4.69, 9.17) is 0 Å². The summed E-state index contributed by atoms with van der Waals surface area (Å²) in [6.07, 6.45) is 2.92. The Morgan fingerprint density at radius 3 is 2.40 bits per heavy atom. The molecule has 0 bridgehead atoms. The van der Waals surface area contributed by atoms with Crippen LogP contribution in [0.2, 0.25) is 0 Å². The molecule has 0 fully saturated rings. The van der Waals surface area contributed by atoms with Crippen LogP contribution in [0, 0.1) is 0 Å². The molecule has 0 amide bonds. The summed E-state index contributed by atoms with van der Waals surface area (Å²) in [4.78, 5) is 0. The van der Waals surface area contributed by atoms with E-state index in [-0.39, 0.29) is 0 Å². The van der Waals surface area contributed by atoms with E-state index in [1.165, 1.54) is 22.3 Å². The van der Waals surface area contributed by atoms with E-state index in [1.54, 1.807) is 0 Å². The van der Waals surface area contributed by atoms with Gasteiger partial charge in [-0.1, -0.05) is 67.6 Å². The van der Waals surface area contributed by atoms with Crippen LogP contribution in [0.15, 0.2) is 67.3 Å². The minimum Gasteiger partial charge on any atom is -0.100 e. The maximum atomic E-state index is 4.01. The Hall–Kier alpha value is -2.08. The second-order valence-electron chi connectivity index (χ2n) is 5.52. The largest absolute Gasteiger partial charge is 0.100 e. The topological polar surface area (TPSA) is 0 Å². The lowest BCUT2D eigenvalue weighted by atomic mass is 9.92. The fourth-order valence-corrected chi connectivity index (χ4v) is 2.51. The molecular weight excluding hydrogens is 240 g/mol. The Bertz CT molecular complexity index is 619. The second kappa shape index (κ2) is 6.38. The van der Waals surface area contributed by atoms with Crippen molar-refractivity contribution in [2.75, 3.05) is 0 Å². The number of allylic oxidation sites excluding steroid dienone is 1. The average molecular weight is 262 g/mol. The van der Waals surface area contributed by atoms with Crippen molar-refractivity contribution in [3.05, 3.63) is 78.4 Å². The van der Waals surface area contributed by atoms with Crippen LogP contribution in [0.3, 0.4) is 0 Å². The third-order valence-corrected chi connectivity index (χ3v) is 3.57. The molecule has 0 aromatic heterocycles. The highest BCUT2D eigenvalue weighted by Crippen LogP contribution is 2.27. The molecule has 0 heteroatoms. The normalized spacial score (nSPS) is 11.9. The lowest BCUT2D eigenvalue weighted by molar-refractivity contribution is 0.754. The van der Waals surface area contributed by atoms with Crippen molar-refractivity contribution in [2.45, 2.75) is 26.2 Å². The van der Waals surface area contributed by atoms with Gasteiger partial charge in [-0.2, -0.15) is 0 Å². The molecule has 2 rings (SSSR count). The first-order valence-corrected chi connectivity index (χ1v) is 7.07. The molecule has 2 aromatic rings. The lowest BCUT2D eigenvalue weighted by Gasteiger charge is -2.13. The van der Waals surface area contributed by atoms with Crippen molar-refractivity contribution >= 4 is 6.08 Å². The van der Waals surface area contributed by atoms with Crippen LogP contribution < -0.4 is 0 Å². The van der Waals surface area contributed by atoms with Crippen molar-refractivity contribution in [1.29, 1.82) is 0 Å². The third kappa shape index (κ3) is 3.48. The van der Waals surface area contributed by atoms with E-state index in [0.29, 0.717) is 5.92 Å². The van der Waals surface area contributed by atoms with E-state index in [1.807, 2.05) is 6.08 Å². The summed E-state index contributed by atoms with van der Waals surface area (Å²) in [7, 11) is 0. The molecule has 0 aliphatic carbocycles. The maximum Gasteiger partial charge on any atom is -0.0153 e. The summed E-state index contributed by atoms with van der Waals surface area (Å²) >= 11 is 0. The second-order valence-corrected chi connectivity index (χ2v) is 5.52. The highest BCUT2D eigenvalue weighted by Gasteiger charge is 2.07. The van der Waals surface area contributed by atoms with Gasteiger partial charge in [0.15, 0.2) is 0 Å². The van der Waals surface area contributed by atoms with Crippen molar-refractivity contribution in [1.82, 2.24) is 0 Å². The summed E-state index contributed by atoms with van der Waals surface area (Å²) in [6.45, 7) is 12.2. The van der Waals surface area contributed by atoms with Gasteiger partial charge in [0.05, 0.1) is 0 Å². The van der Waals surface area contributed by atoms with Crippen molar-refractivity contribution < 1.29 is 0 Å². The quantitative estimate of drug-likeness (QED) is 0.574. The van der Waals surface area contributed by atoms with Gasteiger partial charge >= 0.3 is 0 Å². The molecule has 0 spiro atoms. The van der Waals surface area contributed by atoms with Crippen LogP contribution >= 0.6 is 0 Å². The minimum absolute atomic E-state index is 0.509. The van der Waals surface area contributed by atoms with E-state index in [0.717, 1.165) is 12.0 Å².